The summed E-state index contributed by atoms with van der Waals surface area (Å²) in [5.74, 6) is -0.816. The number of halogens is 1. The first-order chi connectivity index (χ1) is 13.0. The Morgan fingerprint density at radius 2 is 1.93 bits per heavy atom. The van der Waals surface area contributed by atoms with E-state index in [2.05, 4.69) is 20.5 Å². The number of aromatic hydroxyl groups is 1. The van der Waals surface area contributed by atoms with E-state index in [9.17, 15) is 14.7 Å². The van der Waals surface area contributed by atoms with Crippen LogP contribution in [0.5, 0.6) is 5.88 Å². The number of hydrogen-bond donors (Lipinski definition) is 3. The predicted molar refractivity (Wildman–Crippen MR) is 103 cm³/mol. The lowest BCUT2D eigenvalue weighted by Crippen LogP contribution is -2.24. The molecule has 0 spiro atoms. The van der Waals surface area contributed by atoms with Crippen LogP contribution in [0, 0.1) is 0 Å². The van der Waals surface area contributed by atoms with Crippen molar-refractivity contribution in [3.8, 4) is 5.88 Å². The van der Waals surface area contributed by atoms with E-state index < -0.39 is 5.91 Å². The molecule has 1 aromatic heterocycles. The Kier molecular flexibility index (Phi) is 5.83. The van der Waals surface area contributed by atoms with Crippen molar-refractivity contribution < 1.29 is 14.7 Å². The molecule has 0 unspecified atom stereocenters. The van der Waals surface area contributed by atoms with Crippen LogP contribution in [-0.4, -0.2) is 28.4 Å². The summed E-state index contributed by atoms with van der Waals surface area (Å²) in [7, 11) is 0. The number of aromatic nitrogens is 1. The Bertz CT molecular complexity index is 999. The number of amides is 2. The highest BCUT2D eigenvalue weighted by atomic mass is 35.5. The SMILES string of the molecule is O=C(CCCNC(=O)c1ccccc1)N=Nc1c(O)[nH]c2ccc(Cl)cc12. The molecule has 3 rings (SSSR count). The zero-order valence-corrected chi connectivity index (χ0v) is 15.0. The predicted octanol–water partition coefficient (Wildman–Crippen LogP) is 4.35. The van der Waals surface area contributed by atoms with Crippen LogP contribution in [0.15, 0.2) is 58.8 Å². The normalized spacial score (nSPS) is 11.1. The number of aromatic amines is 1. The molecule has 0 atom stereocenters. The highest BCUT2D eigenvalue weighted by Gasteiger charge is 2.11. The van der Waals surface area contributed by atoms with E-state index in [1.807, 2.05) is 6.07 Å². The molecule has 3 aromatic rings. The van der Waals surface area contributed by atoms with Crippen molar-refractivity contribution in [2.45, 2.75) is 12.8 Å². The van der Waals surface area contributed by atoms with E-state index in [0.29, 0.717) is 34.5 Å². The molecule has 27 heavy (non-hydrogen) atoms. The van der Waals surface area contributed by atoms with Gasteiger partial charge >= 0.3 is 0 Å². The van der Waals surface area contributed by atoms with Crippen LogP contribution in [0.3, 0.4) is 0 Å². The number of benzene rings is 2. The molecule has 8 heteroatoms. The van der Waals surface area contributed by atoms with Gasteiger partial charge in [-0.15, -0.1) is 10.2 Å². The molecule has 0 saturated carbocycles. The van der Waals surface area contributed by atoms with E-state index >= 15 is 0 Å². The largest absolute Gasteiger partial charge is 0.493 e. The van der Waals surface area contributed by atoms with Crippen LogP contribution in [0.1, 0.15) is 23.2 Å². The van der Waals surface area contributed by atoms with Gasteiger partial charge < -0.3 is 15.4 Å². The highest BCUT2D eigenvalue weighted by Crippen LogP contribution is 2.36. The summed E-state index contributed by atoms with van der Waals surface area (Å²) in [6.07, 6.45) is 0.560. The first-order valence-electron chi connectivity index (χ1n) is 8.32. The number of rotatable bonds is 6. The molecule has 0 aliphatic heterocycles. The van der Waals surface area contributed by atoms with E-state index in [4.69, 9.17) is 11.6 Å². The molecule has 1 heterocycles. The number of hydrogen-bond acceptors (Lipinski definition) is 4. The molecule has 0 radical (unpaired) electrons. The topological polar surface area (TPSA) is 107 Å². The zero-order valence-electron chi connectivity index (χ0n) is 14.3. The van der Waals surface area contributed by atoms with Crippen LogP contribution in [0.25, 0.3) is 10.9 Å². The fraction of sp³-hybridized carbons (Fsp3) is 0.158. The zero-order chi connectivity index (χ0) is 19.2. The Labute approximate surface area is 160 Å². The second-order valence-electron chi connectivity index (χ2n) is 5.83. The van der Waals surface area contributed by atoms with Gasteiger partial charge in [-0.3, -0.25) is 9.59 Å². The van der Waals surface area contributed by atoms with Crippen LogP contribution < -0.4 is 5.32 Å². The Balaban J connectivity index is 1.52. The lowest BCUT2D eigenvalue weighted by atomic mass is 10.2. The third kappa shape index (κ3) is 4.71. The smallest absolute Gasteiger partial charge is 0.264 e. The molecule has 7 nitrogen and oxygen atoms in total. The lowest BCUT2D eigenvalue weighted by molar-refractivity contribution is -0.118. The minimum absolute atomic E-state index is 0.127. The molecule has 2 aromatic carbocycles. The number of azo groups is 1. The quantitative estimate of drug-likeness (QED) is 0.434. The van der Waals surface area contributed by atoms with Gasteiger partial charge in [-0.05, 0) is 36.8 Å². The van der Waals surface area contributed by atoms with Crippen molar-refractivity contribution in [3.63, 3.8) is 0 Å². The molecule has 0 bridgehead atoms. The van der Waals surface area contributed by atoms with Crippen LogP contribution in [0.4, 0.5) is 5.69 Å². The van der Waals surface area contributed by atoms with Gasteiger partial charge in [0.25, 0.3) is 11.8 Å². The molecule has 0 fully saturated rings. The maximum absolute atomic E-state index is 11.9. The molecule has 2 amide bonds. The van der Waals surface area contributed by atoms with Gasteiger partial charge in [0.1, 0.15) is 0 Å². The first kappa shape index (κ1) is 18.6. The molecule has 3 N–H and O–H groups in total. The van der Waals surface area contributed by atoms with Crippen LogP contribution >= 0.6 is 11.6 Å². The molecular weight excluding hydrogens is 368 g/mol. The maximum atomic E-state index is 11.9. The fourth-order valence-electron chi connectivity index (χ4n) is 2.53. The summed E-state index contributed by atoms with van der Waals surface area (Å²) in [6, 6.07) is 13.8. The van der Waals surface area contributed by atoms with E-state index in [-0.39, 0.29) is 23.9 Å². The van der Waals surface area contributed by atoms with Crippen molar-refractivity contribution in [1.29, 1.82) is 0 Å². The minimum Gasteiger partial charge on any atom is -0.493 e. The molecule has 138 valence electrons. The summed E-state index contributed by atoms with van der Waals surface area (Å²) in [4.78, 5) is 26.5. The molecular formula is C19H17ClN4O3. The number of H-pyrrole nitrogens is 1. The van der Waals surface area contributed by atoms with Gasteiger partial charge in [-0.25, -0.2) is 0 Å². The van der Waals surface area contributed by atoms with E-state index in [0.717, 1.165) is 0 Å². The first-order valence-corrected chi connectivity index (χ1v) is 8.70. The average molecular weight is 385 g/mol. The summed E-state index contributed by atoms with van der Waals surface area (Å²) in [5.41, 5.74) is 1.37. The third-order valence-electron chi connectivity index (χ3n) is 3.86. The molecule has 0 aliphatic carbocycles. The fourth-order valence-corrected chi connectivity index (χ4v) is 2.70. The van der Waals surface area contributed by atoms with E-state index in [1.54, 1.807) is 42.5 Å². The maximum Gasteiger partial charge on any atom is 0.264 e. The minimum atomic E-state index is -0.445. The van der Waals surface area contributed by atoms with Gasteiger partial charge in [0.05, 0.1) is 5.52 Å². The Morgan fingerprint density at radius 3 is 2.70 bits per heavy atom. The second kappa shape index (κ2) is 8.46. The van der Waals surface area contributed by atoms with Crippen molar-refractivity contribution in [2.75, 3.05) is 6.54 Å². The van der Waals surface area contributed by atoms with Gasteiger partial charge in [-0.1, -0.05) is 29.8 Å². The van der Waals surface area contributed by atoms with Gasteiger partial charge in [0, 0.05) is 28.9 Å². The van der Waals surface area contributed by atoms with Gasteiger partial charge in [-0.2, -0.15) is 0 Å². The summed E-state index contributed by atoms with van der Waals surface area (Å²) >= 11 is 5.95. The average Bonchev–Trinajstić information content (AvgIpc) is 2.98. The second-order valence-corrected chi connectivity index (χ2v) is 6.27. The number of fused-ring (bicyclic) bond motifs is 1. The van der Waals surface area contributed by atoms with Crippen molar-refractivity contribution in [1.82, 2.24) is 10.3 Å². The van der Waals surface area contributed by atoms with Crippen molar-refractivity contribution in [3.05, 3.63) is 59.1 Å². The summed E-state index contributed by atoms with van der Waals surface area (Å²) < 4.78 is 0. The van der Waals surface area contributed by atoms with Crippen molar-refractivity contribution >= 4 is 40.0 Å². The van der Waals surface area contributed by atoms with Crippen LogP contribution in [-0.2, 0) is 4.79 Å². The van der Waals surface area contributed by atoms with Gasteiger partial charge in [0.15, 0.2) is 5.69 Å². The summed E-state index contributed by atoms with van der Waals surface area (Å²) in [6.45, 7) is 0.350. The highest BCUT2D eigenvalue weighted by molar-refractivity contribution is 6.31. The number of carbonyl (C=O) groups is 2. The number of nitrogens with zero attached hydrogens (tertiary/aromatic N) is 2. The Morgan fingerprint density at radius 1 is 1.15 bits per heavy atom. The number of carbonyl (C=O) groups excluding carboxylic acids is 2. The molecule has 0 aliphatic rings. The van der Waals surface area contributed by atoms with Crippen molar-refractivity contribution in [2.24, 2.45) is 10.2 Å². The number of nitrogens with one attached hydrogen (secondary N) is 2. The lowest BCUT2D eigenvalue weighted by Gasteiger charge is -2.03. The monoisotopic (exact) mass is 384 g/mol. The van der Waals surface area contributed by atoms with Crippen LogP contribution in [0.2, 0.25) is 5.02 Å². The van der Waals surface area contributed by atoms with E-state index in [1.165, 1.54) is 0 Å². The summed E-state index contributed by atoms with van der Waals surface area (Å²) in [5, 5.41) is 21.2. The third-order valence-corrected chi connectivity index (χ3v) is 4.10. The standard InChI is InChI=1S/C19H17ClN4O3/c20-13-8-9-15-14(11-13)17(19(27)22-15)24-23-16(25)7-4-10-21-18(26)12-5-2-1-3-6-12/h1-3,5-6,8-9,11,22,27H,4,7,10H2,(H,21,26). The molecule has 0 saturated heterocycles. The van der Waals surface area contributed by atoms with Gasteiger partial charge in [0.2, 0.25) is 5.88 Å². The Hall–Kier alpha value is -3.19.